The van der Waals surface area contributed by atoms with Gasteiger partial charge in [0.2, 0.25) is 0 Å². The molecule has 0 aliphatic heterocycles. The lowest BCUT2D eigenvalue weighted by Crippen LogP contribution is -2.62. The molecule has 222 valence electrons. The second kappa shape index (κ2) is 10.5. The van der Waals surface area contributed by atoms with Crippen LogP contribution in [0.3, 0.4) is 0 Å². The quantitative estimate of drug-likeness (QED) is 0.265. The fourth-order valence-electron chi connectivity index (χ4n) is 10.6. The molecular formula is C34H56O5. The number of rotatable bonds is 7. The highest BCUT2D eigenvalue weighted by atomic mass is 16.5. The minimum Gasteiger partial charge on any atom is -0.462 e. The van der Waals surface area contributed by atoms with Crippen LogP contribution < -0.4 is 0 Å². The van der Waals surface area contributed by atoms with E-state index >= 15 is 0 Å². The van der Waals surface area contributed by atoms with Gasteiger partial charge in [-0.3, -0.25) is 9.59 Å². The number of allylic oxidation sites excluding steroid dienone is 1. The zero-order chi connectivity index (χ0) is 29.1. The molecule has 3 fully saturated rings. The second-order valence-electron chi connectivity index (χ2n) is 15.5. The Morgan fingerprint density at radius 2 is 1.64 bits per heavy atom. The summed E-state index contributed by atoms with van der Waals surface area (Å²) in [5.41, 5.74) is 1.34. The largest absolute Gasteiger partial charge is 0.462 e. The van der Waals surface area contributed by atoms with Crippen LogP contribution in [0.25, 0.3) is 0 Å². The van der Waals surface area contributed by atoms with E-state index in [0.29, 0.717) is 23.7 Å². The van der Waals surface area contributed by atoms with E-state index in [9.17, 15) is 14.7 Å². The third-order valence-corrected chi connectivity index (χ3v) is 12.7. The Morgan fingerprint density at radius 1 is 0.974 bits per heavy atom. The van der Waals surface area contributed by atoms with Crippen LogP contribution in [0.2, 0.25) is 0 Å². The fourth-order valence-corrected chi connectivity index (χ4v) is 10.6. The van der Waals surface area contributed by atoms with Crippen molar-refractivity contribution in [2.24, 2.45) is 51.2 Å². The molecule has 4 aliphatic rings. The number of carbonyl (C=O) groups is 2. The van der Waals surface area contributed by atoms with E-state index in [2.05, 4.69) is 61.5 Å². The number of esters is 2. The summed E-state index contributed by atoms with van der Waals surface area (Å²) in [5.74, 6) is 1.67. The van der Waals surface area contributed by atoms with Gasteiger partial charge in [0.05, 0.1) is 6.10 Å². The first-order valence-electron chi connectivity index (χ1n) is 15.7. The van der Waals surface area contributed by atoms with Crippen molar-refractivity contribution in [3.63, 3.8) is 0 Å². The van der Waals surface area contributed by atoms with Crippen LogP contribution in [-0.4, -0.2) is 35.4 Å². The van der Waals surface area contributed by atoms with Crippen molar-refractivity contribution >= 4 is 11.9 Å². The molecule has 1 N–H and O–H groups in total. The van der Waals surface area contributed by atoms with Gasteiger partial charge in [0, 0.05) is 19.3 Å². The lowest BCUT2D eigenvalue weighted by molar-refractivity contribution is -0.182. The molecule has 0 bridgehead atoms. The first-order valence-corrected chi connectivity index (χ1v) is 15.7. The van der Waals surface area contributed by atoms with Gasteiger partial charge in [-0.2, -0.15) is 0 Å². The first-order chi connectivity index (χ1) is 18.0. The number of fused-ring (bicyclic) bond motifs is 5. The number of hydrogen-bond donors (Lipinski definition) is 1. The predicted octanol–water partition coefficient (Wildman–Crippen LogP) is 7.50. The van der Waals surface area contributed by atoms with Crippen LogP contribution in [-0.2, 0) is 19.1 Å². The predicted molar refractivity (Wildman–Crippen MR) is 155 cm³/mol. The summed E-state index contributed by atoms with van der Waals surface area (Å²) >= 11 is 0. The first kappa shape index (κ1) is 30.6. The van der Waals surface area contributed by atoms with Gasteiger partial charge in [-0.05, 0) is 97.2 Å². The molecule has 4 rings (SSSR count). The fraction of sp³-hybridized carbons (Fsp3) is 0.882. The Bertz CT molecular complexity index is 982. The number of aliphatic hydroxyl groups excluding tert-OH is 1. The van der Waals surface area contributed by atoms with Crippen molar-refractivity contribution in [3.05, 3.63) is 11.6 Å². The van der Waals surface area contributed by atoms with Gasteiger partial charge in [0.1, 0.15) is 12.2 Å². The Kier molecular flexibility index (Phi) is 8.22. The second-order valence-corrected chi connectivity index (χ2v) is 15.5. The molecule has 10 atom stereocenters. The third-order valence-electron chi connectivity index (χ3n) is 12.7. The minimum absolute atomic E-state index is 0.0285. The Morgan fingerprint density at radius 3 is 2.23 bits per heavy atom. The van der Waals surface area contributed by atoms with E-state index < -0.39 is 0 Å². The molecule has 5 nitrogen and oxygen atoms in total. The summed E-state index contributed by atoms with van der Waals surface area (Å²) < 4.78 is 11.5. The van der Waals surface area contributed by atoms with Gasteiger partial charge in [-0.15, -0.1) is 0 Å². The van der Waals surface area contributed by atoms with Gasteiger partial charge in [0.15, 0.2) is 0 Å². The molecule has 4 aliphatic carbocycles. The van der Waals surface area contributed by atoms with E-state index in [4.69, 9.17) is 9.47 Å². The molecule has 0 aromatic rings. The normalized spacial score (nSPS) is 42.5. The monoisotopic (exact) mass is 544 g/mol. The van der Waals surface area contributed by atoms with E-state index in [-0.39, 0.29) is 57.8 Å². The highest BCUT2D eigenvalue weighted by Gasteiger charge is 2.68. The van der Waals surface area contributed by atoms with Crippen molar-refractivity contribution in [2.75, 3.05) is 0 Å². The van der Waals surface area contributed by atoms with Crippen molar-refractivity contribution in [3.8, 4) is 0 Å². The maximum absolute atomic E-state index is 12.0. The number of carbonyl (C=O) groups excluding carboxylic acids is 2. The molecule has 0 saturated heterocycles. The van der Waals surface area contributed by atoms with Gasteiger partial charge < -0.3 is 14.6 Å². The highest BCUT2D eigenvalue weighted by molar-refractivity contribution is 5.66. The number of hydrogen-bond acceptors (Lipinski definition) is 5. The molecular weight excluding hydrogens is 488 g/mol. The molecule has 0 radical (unpaired) electrons. The standard InChI is InChI=1S/C34H56O5/c1-20(2)27(38-22(4)35)13-11-21(3)24-15-18-33(9)25-12-14-28-31(6,7)29(39-23(5)36)16-17-32(28,8)30(25)26(37)19-34(24,33)10/h14,20-21,24-27,29-30,37H,11-13,15-19H2,1-10H3/t21-,24-,25-,26?,27?,29?,30-,32+,33+,34-/m1/s1. The molecule has 0 spiro atoms. The number of ether oxygens (including phenoxy) is 2. The summed E-state index contributed by atoms with van der Waals surface area (Å²) in [7, 11) is 0. The molecule has 3 unspecified atom stereocenters. The summed E-state index contributed by atoms with van der Waals surface area (Å²) in [4.78, 5) is 23.5. The number of aliphatic hydroxyl groups is 1. The van der Waals surface area contributed by atoms with Crippen molar-refractivity contribution < 1.29 is 24.2 Å². The third kappa shape index (κ3) is 4.91. The van der Waals surface area contributed by atoms with Crippen LogP contribution in [0.5, 0.6) is 0 Å². The SMILES string of the molecule is CC(=O)OC(CC[C@@H](C)[C@H]1CC[C@@]2(C)[C@@H]3CC=C4C(C)(C)C(OC(C)=O)CC[C@]4(C)[C@H]3C(O)C[C@]12C)C(C)C. The zero-order valence-electron chi connectivity index (χ0n) is 26.4. The van der Waals surface area contributed by atoms with Crippen molar-refractivity contribution in [1.82, 2.24) is 0 Å². The molecule has 0 amide bonds. The van der Waals surface area contributed by atoms with Crippen LogP contribution in [0.15, 0.2) is 11.6 Å². The lowest BCUT2D eigenvalue weighted by atomic mass is 9.39. The van der Waals surface area contributed by atoms with E-state index in [1.54, 1.807) is 0 Å². The van der Waals surface area contributed by atoms with E-state index in [1.165, 1.54) is 32.3 Å². The molecule has 39 heavy (non-hydrogen) atoms. The maximum Gasteiger partial charge on any atom is 0.302 e. The Labute approximate surface area is 237 Å². The van der Waals surface area contributed by atoms with Gasteiger partial charge in [0.25, 0.3) is 0 Å². The average molecular weight is 545 g/mol. The van der Waals surface area contributed by atoms with Crippen LogP contribution in [0, 0.1) is 51.2 Å². The van der Waals surface area contributed by atoms with Crippen LogP contribution in [0.1, 0.15) is 121 Å². The summed E-state index contributed by atoms with van der Waals surface area (Å²) in [6, 6.07) is 0. The van der Waals surface area contributed by atoms with E-state index in [0.717, 1.165) is 38.5 Å². The van der Waals surface area contributed by atoms with Gasteiger partial charge >= 0.3 is 11.9 Å². The highest BCUT2D eigenvalue weighted by Crippen LogP contribution is 2.73. The van der Waals surface area contributed by atoms with Crippen molar-refractivity contribution in [1.29, 1.82) is 0 Å². The zero-order valence-corrected chi connectivity index (χ0v) is 26.4. The smallest absolute Gasteiger partial charge is 0.302 e. The Balaban J connectivity index is 1.59. The maximum atomic E-state index is 12.0. The molecule has 0 heterocycles. The molecule has 3 saturated carbocycles. The van der Waals surface area contributed by atoms with Crippen LogP contribution >= 0.6 is 0 Å². The lowest BCUT2D eigenvalue weighted by Gasteiger charge is -2.66. The Hall–Kier alpha value is -1.36. The van der Waals surface area contributed by atoms with Crippen LogP contribution in [0.4, 0.5) is 0 Å². The van der Waals surface area contributed by atoms with Crippen molar-refractivity contribution in [2.45, 2.75) is 139 Å². The topological polar surface area (TPSA) is 72.8 Å². The average Bonchev–Trinajstić information content (AvgIpc) is 3.08. The van der Waals surface area contributed by atoms with E-state index in [1.807, 2.05) is 0 Å². The summed E-state index contributed by atoms with van der Waals surface area (Å²) in [5, 5.41) is 12.0. The molecule has 5 heteroatoms. The molecule has 0 aromatic heterocycles. The molecule has 0 aromatic carbocycles. The summed E-state index contributed by atoms with van der Waals surface area (Å²) in [6.45, 7) is 21.6. The minimum atomic E-state index is -0.333. The van der Waals surface area contributed by atoms with Gasteiger partial charge in [-0.25, -0.2) is 0 Å². The summed E-state index contributed by atoms with van der Waals surface area (Å²) in [6.07, 6.45) is 10.0. The van der Waals surface area contributed by atoms with Gasteiger partial charge in [-0.1, -0.05) is 67.0 Å².